The van der Waals surface area contributed by atoms with Gasteiger partial charge in [0.15, 0.2) is 0 Å². The fraction of sp³-hybridized carbons (Fsp3) is 0.174. The zero-order valence-electron chi connectivity index (χ0n) is 16.9. The van der Waals surface area contributed by atoms with Gasteiger partial charge >= 0.3 is 5.97 Å². The molecule has 1 unspecified atom stereocenters. The Morgan fingerprint density at radius 3 is 2.42 bits per heavy atom. The van der Waals surface area contributed by atoms with Gasteiger partial charge in [-0.1, -0.05) is 59.6 Å². The Kier molecular flexibility index (Phi) is 6.83. The lowest BCUT2D eigenvalue weighted by Crippen LogP contribution is -2.42. The molecule has 0 radical (unpaired) electrons. The fourth-order valence-corrected chi connectivity index (χ4v) is 3.85. The lowest BCUT2D eigenvalue weighted by atomic mass is 10.0. The van der Waals surface area contributed by atoms with Crippen molar-refractivity contribution in [3.05, 3.63) is 91.8 Å². The van der Waals surface area contributed by atoms with Crippen LogP contribution in [-0.4, -0.2) is 27.6 Å². The number of pyridine rings is 1. The lowest BCUT2D eigenvalue weighted by molar-refractivity contribution is -0.139. The van der Waals surface area contributed by atoms with E-state index in [9.17, 15) is 19.5 Å². The molecule has 8 heteroatoms. The van der Waals surface area contributed by atoms with Crippen molar-refractivity contribution in [2.24, 2.45) is 7.05 Å². The predicted molar refractivity (Wildman–Crippen MR) is 121 cm³/mol. The molecule has 0 aliphatic carbocycles. The molecule has 0 aliphatic heterocycles. The van der Waals surface area contributed by atoms with E-state index in [4.69, 9.17) is 23.2 Å². The van der Waals surface area contributed by atoms with Crippen molar-refractivity contribution in [1.29, 1.82) is 0 Å². The van der Waals surface area contributed by atoms with Crippen molar-refractivity contribution < 1.29 is 14.7 Å². The maximum absolute atomic E-state index is 12.6. The lowest BCUT2D eigenvalue weighted by Gasteiger charge is -2.16. The molecular weight excluding hydrogens is 439 g/mol. The first kappa shape index (κ1) is 22.6. The van der Waals surface area contributed by atoms with Gasteiger partial charge < -0.3 is 15.0 Å². The summed E-state index contributed by atoms with van der Waals surface area (Å²) >= 11 is 12.2. The van der Waals surface area contributed by atoms with Crippen molar-refractivity contribution in [3.8, 4) is 11.1 Å². The number of carboxylic acid groups (broad SMARTS) is 1. The van der Waals surface area contributed by atoms with Gasteiger partial charge in [0.25, 0.3) is 11.5 Å². The first-order valence-corrected chi connectivity index (χ1v) is 10.2. The van der Waals surface area contributed by atoms with Gasteiger partial charge in [-0.3, -0.25) is 9.59 Å². The summed E-state index contributed by atoms with van der Waals surface area (Å²) in [7, 11) is 1.62. The van der Waals surface area contributed by atoms with Crippen molar-refractivity contribution >= 4 is 35.1 Å². The highest BCUT2D eigenvalue weighted by molar-refractivity contribution is 6.34. The van der Waals surface area contributed by atoms with Crippen LogP contribution in [-0.2, 0) is 18.3 Å². The van der Waals surface area contributed by atoms with Crippen molar-refractivity contribution in [2.75, 3.05) is 0 Å². The van der Waals surface area contributed by atoms with Gasteiger partial charge in [0, 0.05) is 25.2 Å². The minimum Gasteiger partial charge on any atom is -0.480 e. The van der Waals surface area contributed by atoms with E-state index in [0.717, 1.165) is 0 Å². The number of rotatable bonds is 6. The molecule has 0 fully saturated rings. The highest BCUT2D eigenvalue weighted by Gasteiger charge is 2.23. The van der Waals surface area contributed by atoms with Crippen LogP contribution in [0.5, 0.6) is 0 Å². The third-order valence-electron chi connectivity index (χ3n) is 4.91. The molecule has 0 aliphatic rings. The summed E-state index contributed by atoms with van der Waals surface area (Å²) in [5.74, 6) is -1.71. The van der Waals surface area contributed by atoms with E-state index >= 15 is 0 Å². The largest absolute Gasteiger partial charge is 0.480 e. The van der Waals surface area contributed by atoms with Crippen LogP contribution in [0.1, 0.15) is 21.5 Å². The highest BCUT2D eigenvalue weighted by Crippen LogP contribution is 2.21. The van der Waals surface area contributed by atoms with E-state index in [1.165, 1.54) is 10.8 Å². The number of carboxylic acids is 1. The minimum atomic E-state index is -1.16. The number of aromatic nitrogens is 1. The van der Waals surface area contributed by atoms with Gasteiger partial charge in [-0.2, -0.15) is 0 Å². The van der Waals surface area contributed by atoms with Gasteiger partial charge in [0.2, 0.25) is 0 Å². The van der Waals surface area contributed by atoms with E-state index < -0.39 is 17.9 Å². The summed E-state index contributed by atoms with van der Waals surface area (Å²) < 4.78 is 1.40. The second kappa shape index (κ2) is 9.37. The van der Waals surface area contributed by atoms with Gasteiger partial charge in [-0.25, -0.2) is 4.79 Å². The second-order valence-corrected chi connectivity index (χ2v) is 8.03. The molecule has 0 spiro atoms. The van der Waals surface area contributed by atoms with Crippen LogP contribution in [0.3, 0.4) is 0 Å². The van der Waals surface area contributed by atoms with Gasteiger partial charge in [0.1, 0.15) is 6.04 Å². The molecule has 1 amide bonds. The minimum absolute atomic E-state index is 0.0679. The topological polar surface area (TPSA) is 88.4 Å². The summed E-state index contributed by atoms with van der Waals surface area (Å²) in [4.78, 5) is 36.7. The molecule has 1 aromatic heterocycles. The standard InChI is InChI=1S/C23H20Cl2N2O4/c1-13-4-3-5-18(25)20(13)21(28)26-19(23(30)31)10-14-6-8-15(9-7-14)17-11-16(24)12-27(2)22(17)29/h3-9,11-12,19H,10H2,1-2H3,(H,26,28)(H,30,31). The number of amides is 1. The average molecular weight is 459 g/mol. The number of aliphatic carboxylic acids is 1. The van der Waals surface area contributed by atoms with Crippen LogP contribution in [0.4, 0.5) is 0 Å². The van der Waals surface area contributed by atoms with Crippen LogP contribution in [0.15, 0.2) is 59.5 Å². The Hall–Kier alpha value is -3.09. The zero-order valence-corrected chi connectivity index (χ0v) is 18.4. The molecule has 1 heterocycles. The quantitative estimate of drug-likeness (QED) is 0.581. The Labute approximate surface area is 189 Å². The molecular formula is C23H20Cl2N2O4. The molecule has 6 nitrogen and oxygen atoms in total. The third-order valence-corrected chi connectivity index (χ3v) is 5.43. The number of hydrogen-bond donors (Lipinski definition) is 2. The second-order valence-electron chi connectivity index (χ2n) is 7.19. The first-order valence-electron chi connectivity index (χ1n) is 9.41. The number of halogens is 2. The first-order chi connectivity index (χ1) is 14.7. The summed E-state index contributed by atoms with van der Waals surface area (Å²) in [6.45, 7) is 1.73. The molecule has 0 bridgehead atoms. The third kappa shape index (κ3) is 5.16. The van der Waals surface area contributed by atoms with Crippen LogP contribution in [0.2, 0.25) is 10.0 Å². The molecule has 0 saturated heterocycles. The van der Waals surface area contributed by atoms with E-state index in [2.05, 4.69) is 5.32 Å². The SMILES string of the molecule is Cc1cccc(Cl)c1C(=O)NC(Cc1ccc(-c2cc(Cl)cn(C)c2=O)cc1)C(=O)O. The molecule has 2 aromatic carbocycles. The maximum Gasteiger partial charge on any atom is 0.326 e. The Bertz CT molecular complexity index is 1180. The van der Waals surface area contributed by atoms with Gasteiger partial charge in [-0.15, -0.1) is 0 Å². The number of nitrogens with zero attached hydrogens (tertiary/aromatic N) is 1. The van der Waals surface area contributed by atoms with Gasteiger partial charge in [-0.05, 0) is 35.7 Å². The summed E-state index contributed by atoms with van der Waals surface area (Å²) in [5, 5.41) is 12.8. The fourth-order valence-electron chi connectivity index (χ4n) is 3.28. The number of carbonyl (C=O) groups is 2. The van der Waals surface area contributed by atoms with Crippen LogP contribution < -0.4 is 10.9 Å². The number of carbonyl (C=O) groups excluding carboxylic acids is 1. The summed E-state index contributed by atoms with van der Waals surface area (Å²) in [6, 6.07) is 12.4. The highest BCUT2D eigenvalue weighted by atomic mass is 35.5. The van der Waals surface area contributed by atoms with Gasteiger partial charge in [0.05, 0.1) is 15.6 Å². The van der Waals surface area contributed by atoms with E-state index in [-0.39, 0.29) is 22.6 Å². The smallest absolute Gasteiger partial charge is 0.326 e. The predicted octanol–water partition coefficient (Wildman–Crippen LogP) is 4.09. The Balaban J connectivity index is 1.81. The van der Waals surface area contributed by atoms with Crippen LogP contribution in [0.25, 0.3) is 11.1 Å². The molecule has 3 rings (SSSR count). The number of benzene rings is 2. The number of aryl methyl sites for hydroxylation is 2. The molecule has 31 heavy (non-hydrogen) atoms. The number of hydrogen-bond acceptors (Lipinski definition) is 3. The summed E-state index contributed by atoms with van der Waals surface area (Å²) in [5.41, 5.74) is 2.51. The van der Waals surface area contributed by atoms with E-state index in [1.807, 2.05) is 0 Å². The van der Waals surface area contributed by atoms with Crippen molar-refractivity contribution in [3.63, 3.8) is 0 Å². The van der Waals surface area contributed by atoms with E-state index in [1.54, 1.807) is 62.5 Å². The number of nitrogens with one attached hydrogen (secondary N) is 1. The molecule has 2 N–H and O–H groups in total. The Morgan fingerprint density at radius 1 is 1.13 bits per heavy atom. The van der Waals surface area contributed by atoms with Crippen molar-refractivity contribution in [2.45, 2.75) is 19.4 Å². The molecule has 1 atom stereocenters. The summed E-state index contributed by atoms with van der Waals surface area (Å²) in [6.07, 6.45) is 1.60. The molecule has 3 aromatic rings. The van der Waals surface area contributed by atoms with Crippen LogP contribution in [0, 0.1) is 6.92 Å². The molecule has 160 valence electrons. The van der Waals surface area contributed by atoms with Crippen molar-refractivity contribution in [1.82, 2.24) is 9.88 Å². The van der Waals surface area contributed by atoms with E-state index in [0.29, 0.717) is 27.3 Å². The van der Waals surface area contributed by atoms with Crippen LogP contribution >= 0.6 is 23.2 Å². The average Bonchev–Trinajstić information content (AvgIpc) is 2.70. The monoisotopic (exact) mass is 458 g/mol. The normalized spacial score (nSPS) is 11.7. The molecule has 0 saturated carbocycles. The zero-order chi connectivity index (χ0) is 22.7. The maximum atomic E-state index is 12.6. The Morgan fingerprint density at radius 2 is 1.81 bits per heavy atom.